The fraction of sp³-hybridized carbons (Fsp3) is 0.533. The summed E-state index contributed by atoms with van der Waals surface area (Å²) >= 11 is 5.08. The number of hydrogen-bond donors (Lipinski definition) is 1. The molecule has 0 aliphatic carbocycles. The number of amides is 1. The second-order valence-corrected chi connectivity index (χ2v) is 7.97. The molecule has 3 rings (SSSR count). The molecule has 0 radical (unpaired) electrons. The van der Waals surface area contributed by atoms with Crippen molar-refractivity contribution in [3.63, 3.8) is 0 Å². The third kappa shape index (κ3) is 3.95. The van der Waals surface area contributed by atoms with Gasteiger partial charge >= 0.3 is 0 Å². The zero-order valence-electron chi connectivity index (χ0n) is 11.9. The molecule has 21 heavy (non-hydrogen) atoms. The molecule has 2 saturated heterocycles. The van der Waals surface area contributed by atoms with Gasteiger partial charge in [0, 0.05) is 35.5 Å². The number of hydrogen-bond acceptors (Lipinski definition) is 3. The van der Waals surface area contributed by atoms with Crippen LogP contribution in [-0.2, 0) is 4.79 Å². The topological polar surface area (TPSA) is 32.3 Å². The van der Waals surface area contributed by atoms with Gasteiger partial charge in [-0.2, -0.15) is 0 Å². The average molecular weight is 392 g/mol. The number of carbonyl (C=O) groups is 1. The Kier molecular flexibility index (Phi) is 6.00. The van der Waals surface area contributed by atoms with E-state index in [0.717, 1.165) is 35.5 Å². The Morgan fingerprint density at radius 1 is 1.29 bits per heavy atom. The Balaban J connectivity index is 0.00000161. The summed E-state index contributed by atoms with van der Waals surface area (Å²) in [6.07, 6.45) is 0. The van der Waals surface area contributed by atoms with Gasteiger partial charge in [0.25, 0.3) is 0 Å². The van der Waals surface area contributed by atoms with Crippen molar-refractivity contribution in [1.29, 1.82) is 0 Å². The second-order valence-electron chi connectivity index (χ2n) is 5.64. The Morgan fingerprint density at radius 2 is 1.86 bits per heavy atom. The molecule has 2 fully saturated rings. The monoisotopic (exact) mass is 390 g/mol. The number of fused-ring (bicyclic) bond motifs is 1. The highest BCUT2D eigenvalue weighted by atomic mass is 79.9. The lowest BCUT2D eigenvalue weighted by Gasteiger charge is -2.21. The number of thioether (sulfide) groups is 1. The third-order valence-electron chi connectivity index (χ3n) is 4.18. The quantitative estimate of drug-likeness (QED) is 0.804. The zero-order chi connectivity index (χ0) is 14.1. The van der Waals surface area contributed by atoms with E-state index in [2.05, 4.69) is 38.3 Å². The van der Waals surface area contributed by atoms with E-state index in [0.29, 0.717) is 11.8 Å². The molecule has 1 N–H and O–H groups in total. The van der Waals surface area contributed by atoms with Crippen molar-refractivity contribution in [2.75, 3.05) is 26.2 Å². The van der Waals surface area contributed by atoms with Crippen molar-refractivity contribution < 1.29 is 4.79 Å². The average Bonchev–Trinajstić information content (AvgIpc) is 3.01. The van der Waals surface area contributed by atoms with E-state index < -0.39 is 0 Å². The molecule has 3 atom stereocenters. The molecule has 2 heterocycles. The molecule has 2 aliphatic heterocycles. The van der Waals surface area contributed by atoms with Gasteiger partial charge in [0.1, 0.15) is 0 Å². The summed E-state index contributed by atoms with van der Waals surface area (Å²) in [6, 6.07) is 8.15. The van der Waals surface area contributed by atoms with Crippen molar-refractivity contribution in [3.05, 3.63) is 28.7 Å². The maximum atomic E-state index is 12.5. The van der Waals surface area contributed by atoms with Gasteiger partial charge in [0.15, 0.2) is 0 Å². The summed E-state index contributed by atoms with van der Waals surface area (Å²) in [5.41, 5.74) is 0. The molecule has 1 aromatic rings. The molecular weight excluding hydrogens is 372 g/mol. The molecule has 0 spiro atoms. The number of nitrogens with one attached hydrogen (secondary N) is 1. The molecule has 0 bridgehead atoms. The van der Waals surface area contributed by atoms with Crippen molar-refractivity contribution in [2.24, 2.45) is 11.8 Å². The molecule has 3 nitrogen and oxygen atoms in total. The molecule has 2 aliphatic rings. The number of halogens is 2. The normalized spacial score (nSPS) is 25.3. The van der Waals surface area contributed by atoms with Crippen molar-refractivity contribution in [2.45, 2.75) is 17.1 Å². The van der Waals surface area contributed by atoms with Crippen LogP contribution in [0, 0.1) is 11.8 Å². The number of likely N-dealkylation sites (tertiary alicyclic amines) is 1. The fourth-order valence-electron chi connectivity index (χ4n) is 3.06. The van der Waals surface area contributed by atoms with Gasteiger partial charge in [-0.15, -0.1) is 24.2 Å². The molecule has 6 heteroatoms. The van der Waals surface area contributed by atoms with Crippen molar-refractivity contribution in [3.8, 4) is 0 Å². The summed E-state index contributed by atoms with van der Waals surface area (Å²) in [5.74, 6) is 1.62. The first-order valence-electron chi connectivity index (χ1n) is 7.05. The van der Waals surface area contributed by atoms with Gasteiger partial charge in [0.2, 0.25) is 5.91 Å². The van der Waals surface area contributed by atoms with Crippen LogP contribution in [0.4, 0.5) is 0 Å². The fourth-order valence-corrected chi connectivity index (χ4v) is 4.28. The van der Waals surface area contributed by atoms with Crippen LogP contribution in [0.25, 0.3) is 0 Å². The largest absolute Gasteiger partial charge is 0.341 e. The Morgan fingerprint density at radius 3 is 2.43 bits per heavy atom. The van der Waals surface area contributed by atoms with Gasteiger partial charge in [-0.25, -0.2) is 0 Å². The van der Waals surface area contributed by atoms with Gasteiger partial charge in [-0.1, -0.05) is 15.9 Å². The molecular formula is C15H20BrClN2OS. The van der Waals surface area contributed by atoms with Crippen molar-refractivity contribution in [1.82, 2.24) is 10.2 Å². The lowest BCUT2D eigenvalue weighted by molar-refractivity contribution is -0.129. The molecule has 1 unspecified atom stereocenters. The Labute approximate surface area is 144 Å². The van der Waals surface area contributed by atoms with Crippen molar-refractivity contribution >= 4 is 46.0 Å². The first-order valence-corrected chi connectivity index (χ1v) is 8.72. The van der Waals surface area contributed by atoms with E-state index in [9.17, 15) is 4.79 Å². The highest BCUT2D eigenvalue weighted by Crippen LogP contribution is 2.30. The lowest BCUT2D eigenvalue weighted by Crippen LogP contribution is -2.36. The smallest absolute Gasteiger partial charge is 0.235 e. The van der Waals surface area contributed by atoms with Gasteiger partial charge in [-0.3, -0.25) is 4.79 Å². The molecule has 116 valence electrons. The zero-order valence-corrected chi connectivity index (χ0v) is 15.1. The van der Waals surface area contributed by atoms with E-state index in [1.165, 1.54) is 0 Å². The SMILES string of the molecule is CC(Sc1ccc(Br)cc1)C(=O)N1C[C@H]2CNC[C@H]2C1.Cl. The predicted octanol–water partition coefficient (Wildman–Crippen LogP) is 3.03. The molecule has 1 amide bonds. The highest BCUT2D eigenvalue weighted by Gasteiger charge is 2.39. The van der Waals surface area contributed by atoms with Gasteiger partial charge in [-0.05, 0) is 43.0 Å². The van der Waals surface area contributed by atoms with Gasteiger partial charge in [0.05, 0.1) is 5.25 Å². The number of nitrogens with zero attached hydrogens (tertiary/aromatic N) is 1. The molecule has 0 saturated carbocycles. The first kappa shape index (κ1) is 17.1. The minimum atomic E-state index is -0.0111. The van der Waals surface area contributed by atoms with Crippen LogP contribution in [0.3, 0.4) is 0 Å². The van der Waals surface area contributed by atoms with Crippen LogP contribution in [0.2, 0.25) is 0 Å². The summed E-state index contributed by atoms with van der Waals surface area (Å²) in [5, 5.41) is 3.40. The number of carbonyl (C=O) groups excluding carboxylic acids is 1. The van der Waals surface area contributed by atoms with E-state index in [1.807, 2.05) is 19.1 Å². The van der Waals surface area contributed by atoms with Crippen LogP contribution in [0.1, 0.15) is 6.92 Å². The van der Waals surface area contributed by atoms with E-state index in [4.69, 9.17) is 0 Å². The minimum absolute atomic E-state index is 0. The van der Waals surface area contributed by atoms with E-state index in [1.54, 1.807) is 11.8 Å². The number of rotatable bonds is 3. The predicted molar refractivity (Wildman–Crippen MR) is 93.1 cm³/mol. The summed E-state index contributed by atoms with van der Waals surface area (Å²) in [4.78, 5) is 15.7. The van der Waals surface area contributed by atoms with Crippen LogP contribution >= 0.6 is 40.1 Å². The van der Waals surface area contributed by atoms with E-state index >= 15 is 0 Å². The van der Waals surface area contributed by atoms with Crippen LogP contribution in [-0.4, -0.2) is 42.2 Å². The Bertz CT molecular complexity index is 487. The third-order valence-corrected chi connectivity index (χ3v) is 5.80. The standard InChI is InChI=1S/C15H19BrN2OS.ClH/c1-10(20-14-4-2-13(16)3-5-14)15(19)18-8-11-6-17-7-12(11)9-18;/h2-5,10-12,17H,6-9H2,1H3;1H/t10?,11-,12+;. The maximum absolute atomic E-state index is 12.5. The highest BCUT2D eigenvalue weighted by molar-refractivity contribution is 9.10. The Hall–Kier alpha value is -0.230. The summed E-state index contributed by atoms with van der Waals surface area (Å²) in [6.45, 7) is 6.02. The van der Waals surface area contributed by atoms with Crippen LogP contribution in [0.5, 0.6) is 0 Å². The first-order chi connectivity index (χ1) is 9.63. The second kappa shape index (κ2) is 7.36. The molecule has 1 aromatic carbocycles. The summed E-state index contributed by atoms with van der Waals surface area (Å²) in [7, 11) is 0. The van der Waals surface area contributed by atoms with E-state index in [-0.39, 0.29) is 23.6 Å². The minimum Gasteiger partial charge on any atom is -0.341 e. The summed E-state index contributed by atoms with van der Waals surface area (Å²) < 4.78 is 1.07. The van der Waals surface area contributed by atoms with Crippen LogP contribution < -0.4 is 5.32 Å². The number of benzene rings is 1. The lowest BCUT2D eigenvalue weighted by atomic mass is 10.0. The van der Waals surface area contributed by atoms with Crippen LogP contribution in [0.15, 0.2) is 33.6 Å². The molecule has 0 aromatic heterocycles. The maximum Gasteiger partial charge on any atom is 0.235 e. The van der Waals surface area contributed by atoms with Gasteiger partial charge < -0.3 is 10.2 Å².